The average Bonchev–Trinajstić information content (AvgIpc) is 3.13. The monoisotopic (exact) mass is 725 g/mol. The van der Waals surface area contributed by atoms with Crippen LogP contribution >= 0.6 is 0 Å². The predicted molar refractivity (Wildman–Crippen MR) is 201 cm³/mol. The van der Waals surface area contributed by atoms with Gasteiger partial charge in [-0.05, 0) is 44.9 Å². The quantitative estimate of drug-likeness (QED) is 0.0311. The molecule has 0 saturated carbocycles. The number of ether oxygens (including phenoxy) is 4. The summed E-state index contributed by atoms with van der Waals surface area (Å²) >= 11 is 0. The molecule has 4 N–H and O–H groups in total. The van der Waals surface area contributed by atoms with Gasteiger partial charge in [-0.15, -0.1) is 0 Å². The van der Waals surface area contributed by atoms with Gasteiger partial charge in [0.05, 0.1) is 13.2 Å². The molecule has 0 aliphatic carbocycles. The van der Waals surface area contributed by atoms with Crippen molar-refractivity contribution in [3.8, 4) is 0 Å². The van der Waals surface area contributed by atoms with E-state index >= 15 is 0 Å². The van der Waals surface area contributed by atoms with Crippen molar-refractivity contribution >= 4 is 11.9 Å². The van der Waals surface area contributed by atoms with Crippen LogP contribution in [0, 0.1) is 0 Å². The predicted octanol–water partition coefficient (Wildman–Crippen LogP) is 7.55. The molecule has 1 fully saturated rings. The molecular weight excluding hydrogens is 652 g/mol. The maximum absolute atomic E-state index is 12.7. The summed E-state index contributed by atoms with van der Waals surface area (Å²) in [7, 11) is 0. The van der Waals surface area contributed by atoms with E-state index in [9.17, 15) is 30.0 Å². The lowest BCUT2D eigenvalue weighted by molar-refractivity contribution is -0.305. The van der Waals surface area contributed by atoms with E-state index in [-0.39, 0.29) is 32.0 Å². The molecule has 1 aliphatic rings. The van der Waals surface area contributed by atoms with Crippen LogP contribution in [-0.4, -0.2) is 89.0 Å². The topological polar surface area (TPSA) is 152 Å². The van der Waals surface area contributed by atoms with E-state index in [1.54, 1.807) is 0 Å². The van der Waals surface area contributed by atoms with Gasteiger partial charge in [0.25, 0.3) is 0 Å². The molecule has 1 aliphatic heterocycles. The van der Waals surface area contributed by atoms with Gasteiger partial charge >= 0.3 is 11.9 Å². The lowest BCUT2D eigenvalue weighted by Gasteiger charge is -2.39. The van der Waals surface area contributed by atoms with Crippen LogP contribution in [-0.2, 0) is 28.5 Å². The fraction of sp³-hybridized carbons (Fsp3) is 0.805. The fourth-order valence-corrected chi connectivity index (χ4v) is 5.85. The first-order chi connectivity index (χ1) is 24.8. The number of hydrogen-bond acceptors (Lipinski definition) is 10. The van der Waals surface area contributed by atoms with Gasteiger partial charge in [0.1, 0.15) is 31.0 Å². The molecule has 51 heavy (non-hydrogen) atoms. The van der Waals surface area contributed by atoms with Gasteiger partial charge in [-0.3, -0.25) is 9.59 Å². The van der Waals surface area contributed by atoms with Gasteiger partial charge in [-0.2, -0.15) is 0 Å². The first-order valence-corrected chi connectivity index (χ1v) is 20.1. The van der Waals surface area contributed by atoms with Gasteiger partial charge in [0.15, 0.2) is 12.4 Å². The zero-order valence-corrected chi connectivity index (χ0v) is 31.8. The van der Waals surface area contributed by atoms with Crippen molar-refractivity contribution in [2.45, 2.75) is 192 Å². The number of aliphatic hydroxyl groups excluding tert-OH is 4. The third kappa shape index (κ3) is 24.7. The Labute approximate surface area is 308 Å². The number of unbranched alkanes of at least 4 members (excludes halogenated alkanes) is 15. The molecule has 10 nitrogen and oxygen atoms in total. The molecule has 1 saturated heterocycles. The van der Waals surface area contributed by atoms with Gasteiger partial charge in [-0.25, -0.2) is 0 Å². The first kappa shape index (κ1) is 46.9. The van der Waals surface area contributed by atoms with Crippen LogP contribution in [0.2, 0.25) is 0 Å². The second kappa shape index (κ2) is 32.6. The maximum Gasteiger partial charge on any atom is 0.306 e. The Morgan fingerprint density at radius 2 is 1.16 bits per heavy atom. The third-order valence-electron chi connectivity index (χ3n) is 9.04. The molecular formula is C41H72O10. The zero-order valence-electron chi connectivity index (χ0n) is 31.8. The van der Waals surface area contributed by atoms with Gasteiger partial charge < -0.3 is 39.4 Å². The Hall–Kier alpha value is -2.08. The fourth-order valence-electron chi connectivity index (χ4n) is 5.85. The summed E-state index contributed by atoms with van der Waals surface area (Å²) in [6, 6.07) is 0. The highest BCUT2D eigenvalue weighted by Crippen LogP contribution is 2.22. The van der Waals surface area contributed by atoms with Gasteiger partial charge in [-0.1, -0.05) is 134 Å². The molecule has 0 bridgehead atoms. The lowest BCUT2D eigenvalue weighted by atomic mass is 9.99. The molecule has 0 amide bonds. The number of allylic oxidation sites excluding steroid dienone is 6. The number of hydrogen-bond donors (Lipinski definition) is 4. The van der Waals surface area contributed by atoms with E-state index in [2.05, 4.69) is 50.3 Å². The van der Waals surface area contributed by atoms with Crippen molar-refractivity contribution in [2.24, 2.45) is 0 Å². The average molecular weight is 725 g/mol. The molecule has 0 spiro atoms. The summed E-state index contributed by atoms with van der Waals surface area (Å²) in [6.45, 7) is 3.27. The van der Waals surface area contributed by atoms with Crippen LogP contribution in [0.25, 0.3) is 0 Å². The normalized spacial score (nSPS) is 21.6. The Kier molecular flexibility index (Phi) is 30.0. The van der Waals surface area contributed by atoms with Crippen LogP contribution in [0.4, 0.5) is 0 Å². The van der Waals surface area contributed by atoms with Crippen molar-refractivity contribution in [2.75, 3.05) is 19.8 Å². The molecule has 0 aromatic heterocycles. The van der Waals surface area contributed by atoms with Crippen molar-refractivity contribution in [3.63, 3.8) is 0 Å². The molecule has 0 radical (unpaired) electrons. The number of rotatable bonds is 32. The van der Waals surface area contributed by atoms with E-state index in [0.29, 0.717) is 6.42 Å². The van der Waals surface area contributed by atoms with Gasteiger partial charge in [0.2, 0.25) is 0 Å². The summed E-state index contributed by atoms with van der Waals surface area (Å²) in [6.07, 6.45) is 27.2. The minimum atomic E-state index is -1.60. The van der Waals surface area contributed by atoms with E-state index in [0.717, 1.165) is 70.6 Å². The molecule has 10 heteroatoms. The summed E-state index contributed by atoms with van der Waals surface area (Å²) in [5, 5.41) is 39.9. The van der Waals surface area contributed by atoms with E-state index in [1.165, 1.54) is 51.4 Å². The van der Waals surface area contributed by atoms with Crippen molar-refractivity contribution in [3.05, 3.63) is 36.5 Å². The molecule has 6 atom stereocenters. The molecule has 0 aromatic carbocycles. The van der Waals surface area contributed by atoms with Crippen molar-refractivity contribution < 1.29 is 49.0 Å². The molecule has 296 valence electrons. The van der Waals surface area contributed by atoms with Gasteiger partial charge in [0, 0.05) is 12.8 Å². The maximum atomic E-state index is 12.7. The lowest BCUT2D eigenvalue weighted by Crippen LogP contribution is -2.59. The van der Waals surface area contributed by atoms with E-state index in [1.807, 2.05) is 0 Å². The first-order valence-electron chi connectivity index (χ1n) is 20.1. The second-order valence-electron chi connectivity index (χ2n) is 13.7. The van der Waals surface area contributed by atoms with Crippen LogP contribution in [0.1, 0.15) is 155 Å². The Bertz CT molecular complexity index is 933. The Balaban J connectivity index is 2.40. The molecule has 1 heterocycles. The Morgan fingerprint density at radius 3 is 1.75 bits per heavy atom. The number of carbonyl (C=O) groups excluding carboxylic acids is 2. The van der Waals surface area contributed by atoms with Crippen LogP contribution in [0.5, 0.6) is 0 Å². The van der Waals surface area contributed by atoms with Crippen molar-refractivity contribution in [1.82, 2.24) is 0 Å². The highest BCUT2D eigenvalue weighted by molar-refractivity contribution is 5.70. The number of carbonyl (C=O) groups is 2. The second-order valence-corrected chi connectivity index (χ2v) is 13.7. The van der Waals surface area contributed by atoms with Crippen LogP contribution < -0.4 is 0 Å². The Morgan fingerprint density at radius 1 is 0.627 bits per heavy atom. The molecule has 0 aromatic rings. The minimum absolute atomic E-state index is 0.211. The van der Waals surface area contributed by atoms with Crippen LogP contribution in [0.3, 0.4) is 0 Å². The summed E-state index contributed by atoms with van der Waals surface area (Å²) in [4.78, 5) is 25.2. The van der Waals surface area contributed by atoms with E-state index in [4.69, 9.17) is 18.9 Å². The highest BCUT2D eigenvalue weighted by atomic mass is 16.7. The van der Waals surface area contributed by atoms with Crippen LogP contribution in [0.15, 0.2) is 36.5 Å². The number of aliphatic hydroxyl groups is 4. The largest absolute Gasteiger partial charge is 0.462 e. The SMILES string of the molecule is CC/C=C\C/C=C\C/C=C\CCCCCCCC(=O)OC(COC(=O)CCCCCCCCCCCCC)COC1OC(CO)C(O)C(O)C1O. The third-order valence-corrected chi connectivity index (χ3v) is 9.04. The summed E-state index contributed by atoms with van der Waals surface area (Å²) in [5.41, 5.74) is 0. The van der Waals surface area contributed by atoms with Crippen molar-refractivity contribution in [1.29, 1.82) is 0 Å². The highest BCUT2D eigenvalue weighted by Gasteiger charge is 2.44. The smallest absolute Gasteiger partial charge is 0.306 e. The standard InChI is InChI=1S/C41H72O10/c1-3-5-7-9-11-13-15-16-17-18-20-22-24-26-28-30-37(44)50-34(33-49-41-40(47)39(46)38(45)35(31-42)51-41)32-48-36(43)29-27-25-23-21-19-14-12-10-8-6-4-2/h5,7,11,13,16-17,34-35,38-42,45-47H,3-4,6,8-10,12,14-15,18-33H2,1-2H3/b7-5-,13-11-,17-16-. The van der Waals surface area contributed by atoms with E-state index < -0.39 is 49.4 Å². The summed E-state index contributed by atoms with van der Waals surface area (Å²) < 4.78 is 22.1. The summed E-state index contributed by atoms with van der Waals surface area (Å²) in [5.74, 6) is -0.828. The zero-order chi connectivity index (χ0) is 37.4. The molecule has 6 unspecified atom stereocenters. The number of esters is 2. The minimum Gasteiger partial charge on any atom is -0.462 e. The molecule has 1 rings (SSSR count).